The maximum atomic E-state index is 11.5. The van der Waals surface area contributed by atoms with Crippen LogP contribution >= 0.6 is 0 Å². The van der Waals surface area contributed by atoms with Gasteiger partial charge in [-0.1, -0.05) is 20.8 Å². The molecule has 0 aromatic carbocycles. The molecule has 1 aliphatic heterocycles. The molecule has 4 nitrogen and oxygen atoms in total. The Kier molecular flexibility index (Phi) is 2.99. The summed E-state index contributed by atoms with van der Waals surface area (Å²) >= 11 is 0. The Morgan fingerprint density at radius 1 is 1.56 bits per heavy atom. The van der Waals surface area contributed by atoms with Crippen molar-refractivity contribution in [3.63, 3.8) is 0 Å². The highest BCUT2D eigenvalue weighted by molar-refractivity contribution is 5.39. The van der Waals surface area contributed by atoms with E-state index < -0.39 is 0 Å². The van der Waals surface area contributed by atoms with Crippen molar-refractivity contribution in [2.75, 3.05) is 18.0 Å². The Balaban J connectivity index is 2.30. The monoisotopic (exact) mass is 221 g/mol. The first-order chi connectivity index (χ1) is 7.56. The Morgan fingerprint density at radius 3 is 2.88 bits per heavy atom. The lowest BCUT2D eigenvalue weighted by Crippen LogP contribution is -2.24. The fraction of sp³-hybridized carbons (Fsp3) is 0.667. The van der Waals surface area contributed by atoms with E-state index in [0.717, 1.165) is 24.7 Å². The van der Waals surface area contributed by atoms with Crippen molar-refractivity contribution in [3.05, 3.63) is 22.2 Å². The Bertz CT molecular complexity index is 425. The molecule has 0 bridgehead atoms. The molecule has 1 aromatic rings. The topological polar surface area (TPSA) is 49.0 Å². The van der Waals surface area contributed by atoms with Gasteiger partial charge in [-0.2, -0.15) is 0 Å². The third kappa shape index (κ3) is 2.26. The van der Waals surface area contributed by atoms with E-state index in [0.29, 0.717) is 5.92 Å². The second kappa shape index (κ2) is 4.28. The molecule has 0 aliphatic carbocycles. The van der Waals surface area contributed by atoms with E-state index in [1.54, 1.807) is 6.07 Å². The molecular formula is C12H19N3O. The summed E-state index contributed by atoms with van der Waals surface area (Å²) in [5.41, 5.74) is -0.0479. The van der Waals surface area contributed by atoms with Gasteiger partial charge >= 0.3 is 0 Å². The number of anilines is 1. The van der Waals surface area contributed by atoms with E-state index >= 15 is 0 Å². The number of hydrogen-bond acceptors (Lipinski definition) is 3. The zero-order valence-corrected chi connectivity index (χ0v) is 10.2. The maximum Gasteiger partial charge on any atom is 0.252 e. The molecule has 1 N–H and O–H groups in total. The minimum absolute atomic E-state index is 0.0479. The molecule has 0 spiro atoms. The SMILES string of the molecule is CC1CCN(c2cc(=O)[nH]c(C(C)C)n2)C1. The predicted molar refractivity (Wildman–Crippen MR) is 64.9 cm³/mol. The molecule has 1 saturated heterocycles. The summed E-state index contributed by atoms with van der Waals surface area (Å²) in [7, 11) is 0. The number of H-pyrrole nitrogens is 1. The first-order valence-corrected chi connectivity index (χ1v) is 5.92. The van der Waals surface area contributed by atoms with E-state index in [-0.39, 0.29) is 11.5 Å². The van der Waals surface area contributed by atoms with E-state index in [2.05, 4.69) is 21.8 Å². The van der Waals surface area contributed by atoms with Crippen LogP contribution in [-0.4, -0.2) is 23.1 Å². The number of nitrogens with zero attached hydrogens (tertiary/aromatic N) is 2. The van der Waals surface area contributed by atoms with Crippen LogP contribution in [0.3, 0.4) is 0 Å². The first kappa shape index (κ1) is 11.2. The molecule has 0 saturated carbocycles. The number of nitrogens with one attached hydrogen (secondary N) is 1. The molecule has 1 aliphatic rings. The smallest absolute Gasteiger partial charge is 0.252 e. The van der Waals surface area contributed by atoms with E-state index in [1.165, 1.54) is 6.42 Å². The van der Waals surface area contributed by atoms with E-state index in [4.69, 9.17) is 0 Å². The first-order valence-electron chi connectivity index (χ1n) is 5.92. The van der Waals surface area contributed by atoms with Gasteiger partial charge in [0.1, 0.15) is 11.6 Å². The summed E-state index contributed by atoms with van der Waals surface area (Å²) in [6.45, 7) is 8.32. The van der Waals surface area contributed by atoms with Crippen LogP contribution in [0.5, 0.6) is 0 Å². The zero-order valence-electron chi connectivity index (χ0n) is 10.2. The van der Waals surface area contributed by atoms with Crippen molar-refractivity contribution in [2.24, 2.45) is 5.92 Å². The normalized spacial score (nSPS) is 20.8. The minimum atomic E-state index is -0.0479. The van der Waals surface area contributed by atoms with Gasteiger partial charge in [-0.25, -0.2) is 4.98 Å². The molecule has 1 atom stereocenters. The highest BCUT2D eigenvalue weighted by atomic mass is 16.1. The van der Waals surface area contributed by atoms with Gasteiger partial charge in [-0.3, -0.25) is 4.79 Å². The molecule has 16 heavy (non-hydrogen) atoms. The van der Waals surface area contributed by atoms with Gasteiger partial charge in [0.2, 0.25) is 0 Å². The summed E-state index contributed by atoms with van der Waals surface area (Å²) in [5.74, 6) is 2.56. The van der Waals surface area contributed by atoms with Gasteiger partial charge in [0, 0.05) is 25.1 Å². The summed E-state index contributed by atoms with van der Waals surface area (Å²) in [6.07, 6.45) is 1.19. The number of aromatic amines is 1. The third-order valence-electron chi connectivity index (χ3n) is 3.04. The molecule has 88 valence electrons. The van der Waals surface area contributed by atoms with Crippen LogP contribution in [0.25, 0.3) is 0 Å². The number of hydrogen-bond donors (Lipinski definition) is 1. The van der Waals surface area contributed by atoms with Crippen molar-refractivity contribution in [1.29, 1.82) is 0 Å². The van der Waals surface area contributed by atoms with Crippen molar-refractivity contribution < 1.29 is 0 Å². The summed E-state index contributed by atoms with van der Waals surface area (Å²) in [4.78, 5) is 21.0. The van der Waals surface area contributed by atoms with Gasteiger partial charge in [0.15, 0.2) is 0 Å². The second-order valence-electron chi connectivity index (χ2n) is 4.98. The number of aromatic nitrogens is 2. The van der Waals surface area contributed by atoms with Gasteiger partial charge in [0.05, 0.1) is 0 Å². The zero-order chi connectivity index (χ0) is 11.7. The Hall–Kier alpha value is -1.32. The highest BCUT2D eigenvalue weighted by Gasteiger charge is 2.20. The molecule has 1 aromatic heterocycles. The van der Waals surface area contributed by atoms with Crippen molar-refractivity contribution in [2.45, 2.75) is 33.1 Å². The molecule has 1 fully saturated rings. The van der Waals surface area contributed by atoms with E-state index in [1.807, 2.05) is 13.8 Å². The average molecular weight is 221 g/mol. The summed E-state index contributed by atoms with van der Waals surface area (Å²) < 4.78 is 0. The van der Waals surface area contributed by atoms with Crippen LogP contribution in [0.15, 0.2) is 10.9 Å². The highest BCUT2D eigenvalue weighted by Crippen LogP contribution is 2.21. The molecular weight excluding hydrogens is 202 g/mol. The third-order valence-corrected chi connectivity index (χ3v) is 3.04. The lowest BCUT2D eigenvalue weighted by molar-refractivity contribution is 0.658. The van der Waals surface area contributed by atoms with Crippen molar-refractivity contribution in [1.82, 2.24) is 9.97 Å². The molecule has 2 heterocycles. The van der Waals surface area contributed by atoms with Crippen LogP contribution in [0, 0.1) is 5.92 Å². The molecule has 0 radical (unpaired) electrons. The Morgan fingerprint density at radius 2 is 2.31 bits per heavy atom. The fourth-order valence-electron chi connectivity index (χ4n) is 2.04. The van der Waals surface area contributed by atoms with E-state index in [9.17, 15) is 4.79 Å². The molecule has 2 rings (SSSR count). The minimum Gasteiger partial charge on any atom is -0.356 e. The Labute approximate surface area is 95.7 Å². The number of rotatable bonds is 2. The maximum absolute atomic E-state index is 11.5. The van der Waals surface area contributed by atoms with Crippen LogP contribution in [0.4, 0.5) is 5.82 Å². The fourth-order valence-corrected chi connectivity index (χ4v) is 2.04. The molecule has 4 heteroatoms. The van der Waals surface area contributed by atoms with Gasteiger partial charge in [-0.05, 0) is 12.3 Å². The van der Waals surface area contributed by atoms with Crippen LogP contribution < -0.4 is 10.5 Å². The largest absolute Gasteiger partial charge is 0.356 e. The molecule has 1 unspecified atom stereocenters. The van der Waals surface area contributed by atoms with Crippen LogP contribution in [0.1, 0.15) is 38.9 Å². The average Bonchev–Trinajstić information content (AvgIpc) is 2.64. The summed E-state index contributed by atoms with van der Waals surface area (Å²) in [6, 6.07) is 1.60. The lowest BCUT2D eigenvalue weighted by Gasteiger charge is -2.17. The van der Waals surface area contributed by atoms with Gasteiger partial charge in [-0.15, -0.1) is 0 Å². The van der Waals surface area contributed by atoms with Gasteiger partial charge in [0.25, 0.3) is 5.56 Å². The summed E-state index contributed by atoms with van der Waals surface area (Å²) in [5, 5.41) is 0. The van der Waals surface area contributed by atoms with Crippen molar-refractivity contribution in [3.8, 4) is 0 Å². The predicted octanol–water partition coefficient (Wildman–Crippen LogP) is 1.74. The van der Waals surface area contributed by atoms with Gasteiger partial charge < -0.3 is 9.88 Å². The van der Waals surface area contributed by atoms with Crippen LogP contribution in [0.2, 0.25) is 0 Å². The van der Waals surface area contributed by atoms with Crippen LogP contribution in [-0.2, 0) is 0 Å². The van der Waals surface area contributed by atoms with Crippen molar-refractivity contribution >= 4 is 5.82 Å². The lowest BCUT2D eigenvalue weighted by atomic mass is 10.2. The second-order valence-corrected chi connectivity index (χ2v) is 4.98. The molecule has 0 amide bonds. The standard InChI is InChI=1S/C12H19N3O/c1-8(2)12-13-10(6-11(16)14-12)15-5-4-9(3)7-15/h6,8-9H,4-5,7H2,1-3H3,(H,13,14,16). The quantitative estimate of drug-likeness (QED) is 0.827.